The van der Waals surface area contributed by atoms with Crippen LogP contribution in [0.15, 0.2) is 18.2 Å². The van der Waals surface area contributed by atoms with Crippen molar-refractivity contribution in [1.82, 2.24) is 4.90 Å². The highest BCUT2D eigenvalue weighted by Gasteiger charge is 2.26. The summed E-state index contributed by atoms with van der Waals surface area (Å²) in [5, 5.41) is 8.77. The molecule has 1 saturated heterocycles. The van der Waals surface area contributed by atoms with Crippen LogP contribution in [0.1, 0.15) is 36.0 Å². The summed E-state index contributed by atoms with van der Waals surface area (Å²) in [7, 11) is 3.63. The molecule has 126 valence electrons. The van der Waals surface area contributed by atoms with Gasteiger partial charge in [-0.1, -0.05) is 0 Å². The number of hydrogen-bond donors (Lipinski definition) is 1. The van der Waals surface area contributed by atoms with Crippen LogP contribution in [0.4, 0.5) is 10.1 Å². The maximum atomic E-state index is 14.2. The van der Waals surface area contributed by atoms with Crippen molar-refractivity contribution in [2.75, 3.05) is 32.1 Å². The Kier molecular flexibility index (Phi) is 5.58. The van der Waals surface area contributed by atoms with Gasteiger partial charge >= 0.3 is 5.97 Å². The standard InChI is InChI=1S/C17H23FN2O3/c1-19(2)13-6-7-14(15(18)10-13)17(23)20-9-3-4-12(11-20)5-8-16(21)22/h6-7,10,12H,3-5,8-9,11H2,1-2H3,(H,21,22). The molecule has 23 heavy (non-hydrogen) atoms. The maximum absolute atomic E-state index is 14.2. The number of likely N-dealkylation sites (tertiary alicyclic amines) is 1. The van der Waals surface area contributed by atoms with E-state index >= 15 is 0 Å². The predicted molar refractivity (Wildman–Crippen MR) is 86.2 cm³/mol. The third kappa shape index (κ3) is 4.43. The fraction of sp³-hybridized carbons (Fsp3) is 0.529. The van der Waals surface area contributed by atoms with Gasteiger partial charge in [0.2, 0.25) is 0 Å². The molecule has 1 aliphatic heterocycles. The van der Waals surface area contributed by atoms with E-state index in [4.69, 9.17) is 5.11 Å². The van der Waals surface area contributed by atoms with Crippen LogP contribution in [0.2, 0.25) is 0 Å². The first-order valence-corrected chi connectivity index (χ1v) is 7.86. The Morgan fingerprint density at radius 1 is 1.39 bits per heavy atom. The normalized spacial score (nSPS) is 17.9. The smallest absolute Gasteiger partial charge is 0.303 e. The Morgan fingerprint density at radius 3 is 2.74 bits per heavy atom. The van der Waals surface area contributed by atoms with Gasteiger partial charge in [0, 0.05) is 39.3 Å². The van der Waals surface area contributed by atoms with Crippen LogP contribution in [0.3, 0.4) is 0 Å². The molecule has 0 saturated carbocycles. The zero-order chi connectivity index (χ0) is 17.0. The van der Waals surface area contributed by atoms with Crippen LogP contribution >= 0.6 is 0 Å². The number of aliphatic carboxylic acids is 1. The SMILES string of the molecule is CN(C)c1ccc(C(=O)N2CCCC(CCC(=O)O)C2)c(F)c1. The lowest BCUT2D eigenvalue weighted by molar-refractivity contribution is -0.137. The molecule has 0 radical (unpaired) electrons. The summed E-state index contributed by atoms with van der Waals surface area (Å²) in [6.07, 6.45) is 2.41. The number of hydrogen-bond acceptors (Lipinski definition) is 3. The van der Waals surface area contributed by atoms with E-state index in [0.29, 0.717) is 25.2 Å². The van der Waals surface area contributed by atoms with Crippen LogP contribution in [0.5, 0.6) is 0 Å². The molecule has 1 unspecified atom stereocenters. The summed E-state index contributed by atoms with van der Waals surface area (Å²) < 4.78 is 14.2. The largest absolute Gasteiger partial charge is 0.481 e. The molecule has 0 aromatic heterocycles. The summed E-state index contributed by atoms with van der Waals surface area (Å²) in [5.74, 6) is -1.48. The molecule has 1 fully saturated rings. The summed E-state index contributed by atoms with van der Waals surface area (Å²) in [6.45, 7) is 1.10. The Hall–Kier alpha value is -2.11. The monoisotopic (exact) mass is 322 g/mol. The van der Waals surface area contributed by atoms with Gasteiger partial charge in [-0.15, -0.1) is 0 Å². The summed E-state index contributed by atoms with van der Waals surface area (Å²) >= 11 is 0. The number of piperidine rings is 1. The summed E-state index contributed by atoms with van der Waals surface area (Å²) in [6, 6.07) is 4.61. The second-order valence-electron chi connectivity index (χ2n) is 6.25. The highest BCUT2D eigenvalue weighted by molar-refractivity contribution is 5.95. The number of carboxylic acids is 1. The van der Waals surface area contributed by atoms with E-state index in [2.05, 4.69) is 0 Å². The number of rotatable bonds is 5. The van der Waals surface area contributed by atoms with E-state index in [-0.39, 0.29) is 23.8 Å². The second-order valence-corrected chi connectivity index (χ2v) is 6.25. The predicted octanol–water partition coefficient (Wildman–Crippen LogP) is 2.61. The lowest BCUT2D eigenvalue weighted by atomic mass is 9.93. The van der Waals surface area contributed by atoms with E-state index in [9.17, 15) is 14.0 Å². The minimum absolute atomic E-state index is 0.0782. The minimum Gasteiger partial charge on any atom is -0.481 e. The van der Waals surface area contributed by atoms with Crippen molar-refractivity contribution in [3.8, 4) is 0 Å². The first kappa shape index (κ1) is 17.2. The van der Waals surface area contributed by atoms with Crippen molar-refractivity contribution < 1.29 is 19.1 Å². The Balaban J connectivity index is 2.06. The third-order valence-corrected chi connectivity index (χ3v) is 4.27. The minimum atomic E-state index is -0.821. The molecule has 1 atom stereocenters. The van der Waals surface area contributed by atoms with Crippen LogP contribution in [0.25, 0.3) is 0 Å². The molecular weight excluding hydrogens is 299 g/mol. The number of carbonyl (C=O) groups excluding carboxylic acids is 1. The molecule has 0 aliphatic carbocycles. The van der Waals surface area contributed by atoms with E-state index in [1.807, 2.05) is 14.1 Å². The molecule has 1 aliphatic rings. The molecule has 2 rings (SSSR count). The Morgan fingerprint density at radius 2 is 2.13 bits per heavy atom. The highest BCUT2D eigenvalue weighted by atomic mass is 19.1. The zero-order valence-corrected chi connectivity index (χ0v) is 13.6. The number of anilines is 1. The zero-order valence-electron chi connectivity index (χ0n) is 13.6. The van der Waals surface area contributed by atoms with E-state index in [1.165, 1.54) is 12.1 Å². The average Bonchev–Trinajstić information content (AvgIpc) is 2.52. The van der Waals surface area contributed by atoms with Gasteiger partial charge in [0.15, 0.2) is 0 Å². The average molecular weight is 322 g/mol. The lowest BCUT2D eigenvalue weighted by Crippen LogP contribution is -2.40. The van der Waals surface area contributed by atoms with Crippen molar-refractivity contribution in [2.45, 2.75) is 25.7 Å². The van der Waals surface area contributed by atoms with Gasteiger partial charge in [-0.3, -0.25) is 9.59 Å². The first-order valence-electron chi connectivity index (χ1n) is 7.86. The number of benzene rings is 1. The molecule has 1 aromatic rings. The van der Waals surface area contributed by atoms with E-state index in [1.54, 1.807) is 15.9 Å². The van der Waals surface area contributed by atoms with Gasteiger partial charge in [0.1, 0.15) is 5.82 Å². The third-order valence-electron chi connectivity index (χ3n) is 4.27. The first-order chi connectivity index (χ1) is 10.9. The Labute approximate surface area is 135 Å². The summed E-state index contributed by atoms with van der Waals surface area (Å²) in [4.78, 5) is 26.6. The van der Waals surface area contributed by atoms with Crippen LogP contribution in [0, 0.1) is 11.7 Å². The van der Waals surface area contributed by atoms with Crippen LogP contribution in [-0.4, -0.2) is 49.1 Å². The lowest BCUT2D eigenvalue weighted by Gasteiger charge is -2.32. The van der Waals surface area contributed by atoms with Gasteiger partial charge in [-0.25, -0.2) is 4.39 Å². The molecule has 0 spiro atoms. The molecule has 6 heteroatoms. The van der Waals surface area contributed by atoms with Gasteiger partial charge in [-0.2, -0.15) is 0 Å². The molecule has 1 aromatic carbocycles. The fourth-order valence-corrected chi connectivity index (χ4v) is 2.94. The fourth-order valence-electron chi connectivity index (χ4n) is 2.94. The molecule has 1 amide bonds. The van der Waals surface area contributed by atoms with E-state index in [0.717, 1.165) is 12.8 Å². The van der Waals surface area contributed by atoms with Crippen molar-refractivity contribution in [3.05, 3.63) is 29.6 Å². The van der Waals surface area contributed by atoms with Crippen LogP contribution in [-0.2, 0) is 4.79 Å². The van der Waals surface area contributed by atoms with Crippen LogP contribution < -0.4 is 4.90 Å². The van der Waals surface area contributed by atoms with Gasteiger partial charge in [-0.05, 0) is 43.4 Å². The number of carbonyl (C=O) groups is 2. The quantitative estimate of drug-likeness (QED) is 0.905. The Bertz CT molecular complexity index is 589. The topological polar surface area (TPSA) is 60.9 Å². The van der Waals surface area contributed by atoms with Crippen molar-refractivity contribution in [2.24, 2.45) is 5.92 Å². The number of amides is 1. The van der Waals surface area contributed by atoms with Crippen molar-refractivity contribution in [3.63, 3.8) is 0 Å². The number of nitrogens with zero attached hydrogens (tertiary/aromatic N) is 2. The van der Waals surface area contributed by atoms with Gasteiger partial charge in [0.25, 0.3) is 5.91 Å². The summed E-state index contributed by atoms with van der Waals surface area (Å²) in [5.41, 5.74) is 0.784. The molecular formula is C17H23FN2O3. The van der Waals surface area contributed by atoms with Gasteiger partial charge in [0.05, 0.1) is 5.56 Å². The number of halogens is 1. The van der Waals surface area contributed by atoms with Crippen molar-refractivity contribution in [1.29, 1.82) is 0 Å². The number of carboxylic acid groups (broad SMARTS) is 1. The van der Waals surface area contributed by atoms with Crippen molar-refractivity contribution >= 4 is 17.6 Å². The molecule has 0 bridgehead atoms. The molecule has 5 nitrogen and oxygen atoms in total. The van der Waals surface area contributed by atoms with Gasteiger partial charge < -0.3 is 14.9 Å². The maximum Gasteiger partial charge on any atom is 0.303 e. The molecule has 1 N–H and O–H groups in total. The molecule has 1 heterocycles. The highest BCUT2D eigenvalue weighted by Crippen LogP contribution is 2.24. The second kappa shape index (κ2) is 7.44. The van der Waals surface area contributed by atoms with E-state index < -0.39 is 11.8 Å².